The second-order valence-electron chi connectivity index (χ2n) is 7.89. The van der Waals surface area contributed by atoms with Crippen LogP contribution in [0.3, 0.4) is 0 Å². The first kappa shape index (κ1) is 20.6. The maximum Gasteiger partial charge on any atom is 0.321 e. The lowest BCUT2D eigenvalue weighted by Crippen LogP contribution is -2.50. The summed E-state index contributed by atoms with van der Waals surface area (Å²) in [6, 6.07) is 11.8. The van der Waals surface area contributed by atoms with Gasteiger partial charge in [0.25, 0.3) is 0 Å². The minimum Gasteiger partial charge on any atom is -0.353 e. The van der Waals surface area contributed by atoms with Crippen molar-refractivity contribution in [1.82, 2.24) is 19.9 Å². The van der Waals surface area contributed by atoms with Gasteiger partial charge in [0.1, 0.15) is 23.8 Å². The number of amides is 2. The Morgan fingerprint density at radius 3 is 2.26 bits per heavy atom. The predicted molar refractivity (Wildman–Crippen MR) is 123 cm³/mol. The molecule has 0 atom stereocenters. The van der Waals surface area contributed by atoms with E-state index in [9.17, 15) is 4.79 Å². The number of nitrogens with one attached hydrogen (secondary N) is 2. The van der Waals surface area contributed by atoms with Crippen LogP contribution in [0.1, 0.15) is 16.7 Å². The van der Waals surface area contributed by atoms with Crippen LogP contribution in [0, 0.1) is 20.8 Å². The summed E-state index contributed by atoms with van der Waals surface area (Å²) in [6.07, 6.45) is 3.31. The number of aromatic nitrogens is 3. The van der Waals surface area contributed by atoms with Crippen LogP contribution in [-0.2, 0) is 0 Å². The van der Waals surface area contributed by atoms with Gasteiger partial charge in [0.2, 0.25) is 0 Å². The molecule has 2 amide bonds. The molecule has 0 saturated carbocycles. The van der Waals surface area contributed by atoms with Gasteiger partial charge in [0, 0.05) is 44.1 Å². The second kappa shape index (κ2) is 8.99. The highest BCUT2D eigenvalue weighted by Crippen LogP contribution is 2.20. The zero-order chi connectivity index (χ0) is 21.8. The molecule has 0 unspecified atom stereocenters. The van der Waals surface area contributed by atoms with Crippen molar-refractivity contribution in [3.63, 3.8) is 0 Å². The molecule has 3 aromatic rings. The van der Waals surface area contributed by atoms with Crippen LogP contribution in [-0.4, -0.2) is 52.1 Å². The molecular formula is C23H27N7O. The molecule has 4 rings (SSSR count). The first-order valence-corrected chi connectivity index (χ1v) is 10.4. The van der Waals surface area contributed by atoms with E-state index < -0.39 is 0 Å². The molecule has 160 valence electrons. The first-order chi connectivity index (χ1) is 15.0. The molecule has 3 heterocycles. The van der Waals surface area contributed by atoms with E-state index in [2.05, 4.69) is 36.6 Å². The second-order valence-corrected chi connectivity index (χ2v) is 7.89. The van der Waals surface area contributed by atoms with Crippen LogP contribution in [0.5, 0.6) is 0 Å². The van der Waals surface area contributed by atoms with E-state index >= 15 is 0 Å². The van der Waals surface area contributed by atoms with E-state index in [-0.39, 0.29) is 6.03 Å². The molecule has 0 bridgehead atoms. The van der Waals surface area contributed by atoms with Crippen LogP contribution < -0.4 is 15.5 Å². The van der Waals surface area contributed by atoms with E-state index in [0.717, 1.165) is 34.0 Å². The van der Waals surface area contributed by atoms with Crippen molar-refractivity contribution in [1.29, 1.82) is 0 Å². The molecule has 0 radical (unpaired) electrons. The summed E-state index contributed by atoms with van der Waals surface area (Å²) in [4.78, 5) is 29.7. The van der Waals surface area contributed by atoms with E-state index in [0.29, 0.717) is 32.0 Å². The quantitative estimate of drug-likeness (QED) is 0.670. The van der Waals surface area contributed by atoms with Crippen LogP contribution in [0.4, 0.5) is 27.9 Å². The lowest BCUT2D eigenvalue weighted by Gasteiger charge is -2.35. The standard InChI is InChI=1S/C23H27N7O/c1-16-4-5-24-20(13-16)28-21-14-22(26-15-25-21)29-6-8-30(9-7-29)23(31)27-19-11-17(2)10-18(3)12-19/h4-5,10-15H,6-9H2,1-3H3,(H,27,31)(H,24,25,26,28). The number of benzene rings is 1. The van der Waals surface area contributed by atoms with Gasteiger partial charge >= 0.3 is 6.03 Å². The Hall–Kier alpha value is -3.68. The number of hydrogen-bond acceptors (Lipinski definition) is 6. The lowest BCUT2D eigenvalue weighted by atomic mass is 10.1. The molecule has 1 fully saturated rings. The minimum atomic E-state index is -0.0692. The Balaban J connectivity index is 1.35. The third kappa shape index (κ3) is 5.28. The first-order valence-electron chi connectivity index (χ1n) is 10.4. The van der Waals surface area contributed by atoms with Gasteiger partial charge in [-0.2, -0.15) is 0 Å². The number of carbonyl (C=O) groups is 1. The average molecular weight is 418 g/mol. The van der Waals surface area contributed by atoms with E-state index in [1.165, 1.54) is 0 Å². The third-order valence-electron chi connectivity index (χ3n) is 5.19. The van der Waals surface area contributed by atoms with Crippen LogP contribution in [0.15, 0.2) is 48.9 Å². The zero-order valence-corrected chi connectivity index (χ0v) is 18.1. The monoisotopic (exact) mass is 417 g/mol. The number of aryl methyl sites for hydroxylation is 3. The summed E-state index contributed by atoms with van der Waals surface area (Å²) in [5, 5.41) is 6.24. The molecule has 1 aromatic carbocycles. The maximum atomic E-state index is 12.7. The SMILES string of the molecule is Cc1cc(C)cc(NC(=O)N2CCN(c3cc(Nc4cc(C)ccn4)ncn3)CC2)c1. The van der Waals surface area contributed by atoms with Crippen molar-refractivity contribution < 1.29 is 4.79 Å². The number of hydrogen-bond donors (Lipinski definition) is 2. The van der Waals surface area contributed by atoms with E-state index in [1.54, 1.807) is 12.5 Å². The molecule has 2 aromatic heterocycles. The highest BCUT2D eigenvalue weighted by Gasteiger charge is 2.22. The van der Waals surface area contributed by atoms with Gasteiger partial charge in [-0.25, -0.2) is 19.7 Å². The number of anilines is 4. The van der Waals surface area contributed by atoms with Crippen LogP contribution >= 0.6 is 0 Å². The van der Waals surface area contributed by atoms with Crippen molar-refractivity contribution in [3.8, 4) is 0 Å². The average Bonchev–Trinajstić information content (AvgIpc) is 2.73. The van der Waals surface area contributed by atoms with Gasteiger partial charge in [0.15, 0.2) is 0 Å². The molecule has 1 aliphatic heterocycles. The highest BCUT2D eigenvalue weighted by atomic mass is 16.2. The van der Waals surface area contributed by atoms with Gasteiger partial charge in [-0.3, -0.25) is 0 Å². The smallest absolute Gasteiger partial charge is 0.321 e. The van der Waals surface area contributed by atoms with Crippen molar-refractivity contribution in [2.75, 3.05) is 41.7 Å². The molecule has 8 heteroatoms. The summed E-state index contributed by atoms with van der Waals surface area (Å²) >= 11 is 0. The van der Waals surface area contributed by atoms with Crippen molar-refractivity contribution in [3.05, 3.63) is 65.6 Å². The fraction of sp³-hybridized carbons (Fsp3) is 0.304. The Morgan fingerprint density at radius 1 is 0.839 bits per heavy atom. The maximum absolute atomic E-state index is 12.7. The molecule has 1 saturated heterocycles. The van der Waals surface area contributed by atoms with Crippen LogP contribution in [0.25, 0.3) is 0 Å². The van der Waals surface area contributed by atoms with E-state index in [4.69, 9.17) is 0 Å². The number of urea groups is 1. The number of rotatable bonds is 4. The molecule has 31 heavy (non-hydrogen) atoms. The van der Waals surface area contributed by atoms with Crippen molar-refractivity contribution in [2.45, 2.75) is 20.8 Å². The normalized spacial score (nSPS) is 13.8. The summed E-state index contributed by atoms with van der Waals surface area (Å²) < 4.78 is 0. The van der Waals surface area contributed by atoms with Gasteiger partial charge < -0.3 is 20.4 Å². The fourth-order valence-corrected chi connectivity index (χ4v) is 3.71. The van der Waals surface area contributed by atoms with Gasteiger partial charge in [-0.05, 0) is 61.7 Å². The van der Waals surface area contributed by atoms with Crippen molar-refractivity contribution in [2.24, 2.45) is 0 Å². The number of piperazine rings is 1. The minimum absolute atomic E-state index is 0.0692. The Bertz CT molecular complexity index is 1060. The van der Waals surface area contributed by atoms with Crippen LogP contribution in [0.2, 0.25) is 0 Å². The Kier molecular flexibility index (Phi) is 5.97. The van der Waals surface area contributed by atoms with Gasteiger partial charge in [0.05, 0.1) is 0 Å². The number of nitrogens with zero attached hydrogens (tertiary/aromatic N) is 5. The molecule has 1 aliphatic rings. The summed E-state index contributed by atoms with van der Waals surface area (Å²) in [5.41, 5.74) is 4.23. The number of pyridine rings is 1. The topological polar surface area (TPSA) is 86.3 Å². The van der Waals surface area contributed by atoms with Gasteiger partial charge in [-0.15, -0.1) is 0 Å². The van der Waals surface area contributed by atoms with Gasteiger partial charge in [-0.1, -0.05) is 6.07 Å². The molecule has 0 aliphatic carbocycles. The molecule has 0 spiro atoms. The fourth-order valence-electron chi connectivity index (χ4n) is 3.71. The third-order valence-corrected chi connectivity index (χ3v) is 5.19. The predicted octanol–water partition coefficient (Wildman–Crippen LogP) is 3.89. The van der Waals surface area contributed by atoms with E-state index in [1.807, 2.05) is 56.0 Å². The highest BCUT2D eigenvalue weighted by molar-refractivity contribution is 5.89. The van der Waals surface area contributed by atoms with Crippen molar-refractivity contribution >= 4 is 29.2 Å². The summed E-state index contributed by atoms with van der Waals surface area (Å²) in [5.74, 6) is 2.27. The molecular weight excluding hydrogens is 390 g/mol. The zero-order valence-electron chi connectivity index (χ0n) is 18.1. The Labute approximate surface area is 182 Å². The Morgan fingerprint density at radius 2 is 1.55 bits per heavy atom. The molecule has 8 nitrogen and oxygen atoms in total. The molecule has 2 N–H and O–H groups in total. The lowest BCUT2D eigenvalue weighted by molar-refractivity contribution is 0.208. The summed E-state index contributed by atoms with van der Waals surface area (Å²) in [7, 11) is 0. The largest absolute Gasteiger partial charge is 0.353 e. The summed E-state index contributed by atoms with van der Waals surface area (Å²) in [6.45, 7) is 8.75. The number of carbonyl (C=O) groups excluding carboxylic acids is 1.